The monoisotopic (exact) mass is 403 g/mol. The SMILES string of the molecule is Cc1cc(C)c(SCC(=O)N(c2ccccc2)[C@@H]2CCS(=O)(=O)C2)c(C)c1. The lowest BCUT2D eigenvalue weighted by Gasteiger charge is -2.28. The number of aryl methyl sites for hydroxylation is 3. The van der Waals surface area contributed by atoms with Crippen molar-refractivity contribution in [3.8, 4) is 0 Å². The van der Waals surface area contributed by atoms with Gasteiger partial charge in [-0.15, -0.1) is 11.8 Å². The van der Waals surface area contributed by atoms with Crippen LogP contribution < -0.4 is 4.90 Å². The summed E-state index contributed by atoms with van der Waals surface area (Å²) in [6.07, 6.45) is 0.496. The largest absolute Gasteiger partial charge is 0.308 e. The number of sulfone groups is 1. The number of para-hydroxylation sites is 1. The smallest absolute Gasteiger partial charge is 0.237 e. The Balaban J connectivity index is 1.82. The van der Waals surface area contributed by atoms with E-state index in [0.717, 1.165) is 10.6 Å². The lowest BCUT2D eigenvalue weighted by molar-refractivity contribution is -0.116. The Morgan fingerprint density at radius 2 is 1.74 bits per heavy atom. The van der Waals surface area contributed by atoms with Gasteiger partial charge in [-0.05, 0) is 50.5 Å². The summed E-state index contributed by atoms with van der Waals surface area (Å²) in [6.45, 7) is 6.19. The van der Waals surface area contributed by atoms with Gasteiger partial charge < -0.3 is 4.90 Å². The first kappa shape index (κ1) is 20.0. The molecule has 1 amide bonds. The summed E-state index contributed by atoms with van der Waals surface area (Å²) in [5, 5.41) is 0. The third-order valence-electron chi connectivity index (χ3n) is 4.82. The number of amides is 1. The predicted octanol–water partition coefficient (Wildman–Crippen LogP) is 3.92. The summed E-state index contributed by atoms with van der Waals surface area (Å²) in [7, 11) is -3.07. The molecule has 3 rings (SSSR count). The van der Waals surface area contributed by atoms with Gasteiger partial charge in [0.1, 0.15) is 0 Å². The molecule has 0 spiro atoms. The maximum atomic E-state index is 13.1. The molecule has 0 aliphatic carbocycles. The highest BCUT2D eigenvalue weighted by molar-refractivity contribution is 8.00. The molecule has 0 N–H and O–H groups in total. The van der Waals surface area contributed by atoms with E-state index < -0.39 is 9.84 Å². The number of nitrogens with zero attached hydrogens (tertiary/aromatic N) is 1. The second-order valence-corrected chi connectivity index (χ2v) is 10.4. The second-order valence-electron chi connectivity index (χ2n) is 7.17. The maximum absolute atomic E-state index is 13.1. The van der Waals surface area contributed by atoms with Crippen molar-refractivity contribution < 1.29 is 13.2 Å². The molecule has 1 aliphatic heterocycles. The van der Waals surface area contributed by atoms with Crippen LogP contribution in [-0.4, -0.2) is 37.6 Å². The van der Waals surface area contributed by atoms with Gasteiger partial charge in [0.25, 0.3) is 0 Å². The molecule has 27 heavy (non-hydrogen) atoms. The van der Waals surface area contributed by atoms with E-state index in [4.69, 9.17) is 0 Å². The molecule has 0 bridgehead atoms. The molecule has 2 aromatic rings. The quantitative estimate of drug-likeness (QED) is 0.710. The van der Waals surface area contributed by atoms with Crippen molar-refractivity contribution in [2.24, 2.45) is 0 Å². The van der Waals surface area contributed by atoms with Crippen molar-refractivity contribution in [3.63, 3.8) is 0 Å². The van der Waals surface area contributed by atoms with Crippen LogP contribution in [-0.2, 0) is 14.6 Å². The average Bonchev–Trinajstić information content (AvgIpc) is 2.94. The van der Waals surface area contributed by atoms with Crippen LogP contribution in [0.1, 0.15) is 23.1 Å². The molecule has 4 nitrogen and oxygen atoms in total. The summed E-state index contributed by atoms with van der Waals surface area (Å²) >= 11 is 1.53. The van der Waals surface area contributed by atoms with Gasteiger partial charge in [0.2, 0.25) is 5.91 Å². The minimum absolute atomic E-state index is 0.0425. The van der Waals surface area contributed by atoms with Crippen molar-refractivity contribution in [1.82, 2.24) is 0 Å². The molecular weight excluding hydrogens is 378 g/mol. The van der Waals surface area contributed by atoms with Crippen LogP contribution in [0.5, 0.6) is 0 Å². The van der Waals surface area contributed by atoms with Gasteiger partial charge in [0, 0.05) is 10.6 Å². The molecular formula is C21H25NO3S2. The molecule has 0 radical (unpaired) electrons. The van der Waals surface area contributed by atoms with Gasteiger partial charge in [-0.25, -0.2) is 8.42 Å². The first-order valence-corrected chi connectivity index (χ1v) is 11.9. The number of carbonyl (C=O) groups is 1. The fraction of sp³-hybridized carbons (Fsp3) is 0.381. The van der Waals surface area contributed by atoms with Gasteiger partial charge in [-0.2, -0.15) is 0 Å². The molecule has 2 aromatic carbocycles. The fourth-order valence-corrected chi connectivity index (χ4v) is 6.40. The van der Waals surface area contributed by atoms with Crippen LogP contribution >= 0.6 is 11.8 Å². The van der Waals surface area contributed by atoms with Gasteiger partial charge in [0.15, 0.2) is 9.84 Å². The predicted molar refractivity (Wildman–Crippen MR) is 112 cm³/mol. The molecule has 0 unspecified atom stereocenters. The van der Waals surface area contributed by atoms with Crippen molar-refractivity contribution in [2.75, 3.05) is 22.2 Å². The lowest BCUT2D eigenvalue weighted by atomic mass is 10.1. The van der Waals surface area contributed by atoms with Crippen LogP contribution in [0.4, 0.5) is 5.69 Å². The van der Waals surface area contributed by atoms with E-state index in [1.165, 1.54) is 28.5 Å². The standard InChI is InChI=1S/C21H25NO3S2/c1-15-11-16(2)21(17(3)12-15)26-13-20(23)22(18-7-5-4-6-8-18)19-9-10-27(24,25)14-19/h4-8,11-12,19H,9-10,13-14H2,1-3H3/t19-/m1/s1. The van der Waals surface area contributed by atoms with Crippen LogP contribution in [0, 0.1) is 20.8 Å². The number of thioether (sulfide) groups is 1. The highest BCUT2D eigenvalue weighted by atomic mass is 32.2. The highest BCUT2D eigenvalue weighted by Gasteiger charge is 2.35. The molecule has 1 saturated heterocycles. The number of anilines is 1. The lowest BCUT2D eigenvalue weighted by Crippen LogP contribution is -2.42. The highest BCUT2D eigenvalue weighted by Crippen LogP contribution is 2.30. The van der Waals surface area contributed by atoms with Crippen molar-refractivity contribution in [1.29, 1.82) is 0 Å². The Hall–Kier alpha value is -1.79. The van der Waals surface area contributed by atoms with E-state index >= 15 is 0 Å². The zero-order valence-electron chi connectivity index (χ0n) is 15.9. The molecule has 1 atom stereocenters. The molecule has 144 valence electrons. The Morgan fingerprint density at radius 1 is 1.11 bits per heavy atom. The van der Waals surface area contributed by atoms with E-state index in [0.29, 0.717) is 6.42 Å². The molecule has 6 heteroatoms. The second kappa shape index (κ2) is 8.07. The minimum atomic E-state index is -3.07. The Kier molecular flexibility index (Phi) is 5.96. The van der Waals surface area contributed by atoms with Gasteiger partial charge >= 0.3 is 0 Å². The number of benzene rings is 2. The van der Waals surface area contributed by atoms with E-state index in [1.807, 2.05) is 30.3 Å². The number of hydrogen-bond acceptors (Lipinski definition) is 4. The Morgan fingerprint density at radius 3 is 2.30 bits per heavy atom. The van der Waals surface area contributed by atoms with E-state index in [2.05, 4.69) is 32.9 Å². The van der Waals surface area contributed by atoms with E-state index in [1.54, 1.807) is 4.90 Å². The van der Waals surface area contributed by atoms with Gasteiger partial charge in [-0.3, -0.25) is 4.79 Å². The van der Waals surface area contributed by atoms with E-state index in [9.17, 15) is 13.2 Å². The van der Waals surface area contributed by atoms with Crippen LogP contribution in [0.2, 0.25) is 0 Å². The Bertz CT molecular complexity index is 916. The van der Waals surface area contributed by atoms with Crippen LogP contribution in [0.15, 0.2) is 47.4 Å². The topological polar surface area (TPSA) is 54.5 Å². The third-order valence-corrected chi connectivity index (χ3v) is 7.90. The first-order valence-electron chi connectivity index (χ1n) is 9.05. The summed E-state index contributed by atoms with van der Waals surface area (Å²) < 4.78 is 23.9. The first-order chi connectivity index (χ1) is 12.8. The summed E-state index contributed by atoms with van der Waals surface area (Å²) in [5.74, 6) is 0.432. The summed E-state index contributed by atoms with van der Waals surface area (Å²) in [6, 6.07) is 13.3. The fourth-order valence-electron chi connectivity index (χ4n) is 3.72. The number of hydrogen-bond donors (Lipinski definition) is 0. The van der Waals surface area contributed by atoms with Crippen molar-refractivity contribution >= 4 is 33.2 Å². The minimum Gasteiger partial charge on any atom is -0.308 e. The number of carbonyl (C=O) groups excluding carboxylic acids is 1. The normalized spacial score (nSPS) is 18.4. The molecule has 0 aromatic heterocycles. The van der Waals surface area contributed by atoms with Crippen LogP contribution in [0.3, 0.4) is 0 Å². The number of rotatable bonds is 5. The zero-order chi connectivity index (χ0) is 19.6. The molecule has 1 heterocycles. The zero-order valence-corrected chi connectivity index (χ0v) is 17.6. The molecule has 1 fully saturated rings. The molecule has 0 saturated carbocycles. The maximum Gasteiger partial charge on any atom is 0.237 e. The molecule has 1 aliphatic rings. The third kappa shape index (κ3) is 4.74. The summed E-state index contributed by atoms with van der Waals surface area (Å²) in [4.78, 5) is 15.9. The van der Waals surface area contributed by atoms with Gasteiger partial charge in [-0.1, -0.05) is 35.9 Å². The average molecular weight is 404 g/mol. The Labute approximate surface area is 165 Å². The van der Waals surface area contributed by atoms with E-state index in [-0.39, 0.29) is 29.2 Å². The van der Waals surface area contributed by atoms with Crippen molar-refractivity contribution in [3.05, 3.63) is 59.2 Å². The summed E-state index contributed by atoms with van der Waals surface area (Å²) in [5.41, 5.74) is 4.31. The van der Waals surface area contributed by atoms with Crippen molar-refractivity contribution in [2.45, 2.75) is 38.1 Å². The van der Waals surface area contributed by atoms with Gasteiger partial charge in [0.05, 0.1) is 23.3 Å². The van der Waals surface area contributed by atoms with Crippen LogP contribution in [0.25, 0.3) is 0 Å².